The normalized spacial score (nSPS) is 20.6. The molecule has 1 aliphatic heterocycles. The van der Waals surface area contributed by atoms with Gasteiger partial charge in [-0.1, -0.05) is 23.7 Å². The lowest BCUT2D eigenvalue weighted by atomic mass is 9.93. The highest BCUT2D eigenvalue weighted by Crippen LogP contribution is 2.48. The molecule has 2 aliphatic rings. The van der Waals surface area contributed by atoms with E-state index in [4.69, 9.17) is 11.6 Å². The molecule has 1 N–H and O–H groups in total. The molecule has 2 amide bonds. The van der Waals surface area contributed by atoms with Gasteiger partial charge in [0.1, 0.15) is 0 Å². The van der Waals surface area contributed by atoms with E-state index in [2.05, 4.69) is 5.32 Å². The monoisotopic (exact) mass is 416 g/mol. The minimum Gasteiger partial charge on any atom is -0.355 e. The number of amides is 2. The first kappa shape index (κ1) is 19.5. The van der Waals surface area contributed by atoms with Crippen LogP contribution >= 0.6 is 22.9 Å². The molecule has 1 aromatic carbocycles. The number of rotatable bonds is 5. The van der Waals surface area contributed by atoms with Gasteiger partial charge in [0.15, 0.2) is 0 Å². The van der Waals surface area contributed by atoms with Crippen LogP contribution in [0.2, 0.25) is 5.02 Å². The minimum atomic E-state index is -0.386. The van der Waals surface area contributed by atoms with Crippen molar-refractivity contribution in [3.63, 3.8) is 0 Å². The maximum Gasteiger partial charge on any atom is 0.263 e. The van der Waals surface area contributed by atoms with E-state index in [-0.39, 0.29) is 17.2 Å². The van der Waals surface area contributed by atoms with Crippen molar-refractivity contribution < 1.29 is 9.59 Å². The highest BCUT2D eigenvalue weighted by molar-refractivity contribution is 7.13. The first-order valence-corrected chi connectivity index (χ1v) is 11.1. The molecule has 0 spiro atoms. The summed E-state index contributed by atoms with van der Waals surface area (Å²) in [5, 5.41) is 3.85. The average Bonchev–Trinajstić information content (AvgIpc) is 3.41. The zero-order chi connectivity index (χ0) is 19.7. The topological polar surface area (TPSA) is 49.4 Å². The van der Waals surface area contributed by atoms with Gasteiger partial charge in [-0.25, -0.2) is 0 Å². The van der Waals surface area contributed by atoms with Crippen LogP contribution in [0.3, 0.4) is 0 Å². The van der Waals surface area contributed by atoms with E-state index < -0.39 is 0 Å². The molecule has 1 aromatic heterocycles. The Morgan fingerprint density at radius 3 is 2.61 bits per heavy atom. The number of benzene rings is 1. The predicted molar refractivity (Wildman–Crippen MR) is 113 cm³/mol. The van der Waals surface area contributed by atoms with Gasteiger partial charge in [-0.05, 0) is 68.4 Å². The predicted octanol–water partition coefficient (Wildman–Crippen LogP) is 4.41. The van der Waals surface area contributed by atoms with Gasteiger partial charge in [0.25, 0.3) is 5.91 Å². The smallest absolute Gasteiger partial charge is 0.263 e. The summed E-state index contributed by atoms with van der Waals surface area (Å²) in [5.74, 6) is 0.532. The molecule has 0 bridgehead atoms. The highest BCUT2D eigenvalue weighted by Gasteiger charge is 2.51. The maximum absolute atomic E-state index is 12.9. The van der Waals surface area contributed by atoms with Crippen molar-refractivity contribution in [3.8, 4) is 0 Å². The molecule has 2 aromatic rings. The Kier molecular flexibility index (Phi) is 5.48. The molecular formula is C22H25ClN2O2S. The van der Waals surface area contributed by atoms with Crippen molar-refractivity contribution in [2.45, 2.75) is 38.0 Å². The van der Waals surface area contributed by atoms with Gasteiger partial charge in [-0.3, -0.25) is 9.59 Å². The summed E-state index contributed by atoms with van der Waals surface area (Å²) in [6.45, 7) is 4.16. The second-order valence-corrected chi connectivity index (χ2v) is 9.69. The number of carbonyl (C=O) groups excluding carboxylic acids is 2. The van der Waals surface area contributed by atoms with E-state index in [0.29, 0.717) is 24.0 Å². The molecular weight excluding hydrogens is 392 g/mol. The first-order valence-electron chi connectivity index (χ1n) is 9.88. The third-order valence-corrected chi connectivity index (χ3v) is 7.13. The number of thiophene rings is 1. The van der Waals surface area contributed by atoms with Crippen molar-refractivity contribution in [3.05, 3.63) is 56.7 Å². The molecule has 1 saturated heterocycles. The Balaban J connectivity index is 1.34. The number of aryl methyl sites for hydroxylation is 1. The van der Waals surface area contributed by atoms with Crippen LogP contribution in [0.25, 0.3) is 0 Å². The largest absolute Gasteiger partial charge is 0.355 e. The lowest BCUT2D eigenvalue weighted by Gasteiger charge is -2.33. The number of carbonyl (C=O) groups is 2. The standard InChI is InChI=1S/C22H25ClN2O2S/c1-15-4-9-19(28-15)20(26)25-12-2-3-16(14-25)13-24-21(27)22(10-11-22)17-5-7-18(23)8-6-17/h4-9,16H,2-3,10-14H2,1H3,(H,24,27)/t16-/m0/s1. The molecule has 0 radical (unpaired) electrons. The van der Waals surface area contributed by atoms with Gasteiger partial charge in [0.05, 0.1) is 10.3 Å². The summed E-state index contributed by atoms with van der Waals surface area (Å²) >= 11 is 7.53. The van der Waals surface area contributed by atoms with Gasteiger partial charge in [-0.15, -0.1) is 11.3 Å². The first-order chi connectivity index (χ1) is 13.5. The molecule has 1 saturated carbocycles. The maximum atomic E-state index is 12.9. The number of likely N-dealkylation sites (tertiary alicyclic amines) is 1. The van der Waals surface area contributed by atoms with E-state index in [1.165, 1.54) is 0 Å². The molecule has 28 heavy (non-hydrogen) atoms. The summed E-state index contributed by atoms with van der Waals surface area (Å²) < 4.78 is 0. The quantitative estimate of drug-likeness (QED) is 0.784. The van der Waals surface area contributed by atoms with E-state index in [0.717, 1.165) is 47.5 Å². The average molecular weight is 417 g/mol. The molecule has 6 heteroatoms. The van der Waals surface area contributed by atoms with E-state index >= 15 is 0 Å². The fourth-order valence-corrected chi connectivity index (χ4v) is 5.03. The van der Waals surface area contributed by atoms with E-state index in [1.807, 2.05) is 48.2 Å². The van der Waals surface area contributed by atoms with Gasteiger partial charge in [-0.2, -0.15) is 0 Å². The Hall–Kier alpha value is -1.85. The molecule has 4 nitrogen and oxygen atoms in total. The Labute approximate surface area is 174 Å². The minimum absolute atomic E-state index is 0.104. The number of nitrogens with zero attached hydrogens (tertiary/aromatic N) is 1. The van der Waals surface area contributed by atoms with Crippen molar-refractivity contribution in [2.24, 2.45) is 5.92 Å². The van der Waals surface area contributed by atoms with Crippen molar-refractivity contribution in [2.75, 3.05) is 19.6 Å². The van der Waals surface area contributed by atoms with Crippen molar-refractivity contribution >= 4 is 34.8 Å². The van der Waals surface area contributed by atoms with E-state index in [9.17, 15) is 9.59 Å². The fourth-order valence-electron chi connectivity index (χ4n) is 4.07. The van der Waals surface area contributed by atoms with Crippen LogP contribution in [-0.2, 0) is 10.2 Å². The van der Waals surface area contributed by atoms with Gasteiger partial charge < -0.3 is 10.2 Å². The Morgan fingerprint density at radius 1 is 1.21 bits per heavy atom. The third-order valence-electron chi connectivity index (χ3n) is 5.89. The molecule has 2 heterocycles. The van der Waals surface area contributed by atoms with Crippen molar-refractivity contribution in [1.82, 2.24) is 10.2 Å². The zero-order valence-electron chi connectivity index (χ0n) is 16.0. The lowest BCUT2D eigenvalue weighted by molar-refractivity contribution is -0.123. The Bertz CT molecular complexity index is 873. The lowest BCUT2D eigenvalue weighted by Crippen LogP contribution is -2.45. The summed E-state index contributed by atoms with van der Waals surface area (Å²) in [6.07, 6.45) is 3.79. The number of halogens is 1. The van der Waals surface area contributed by atoms with Crippen LogP contribution in [0.4, 0.5) is 0 Å². The SMILES string of the molecule is Cc1ccc(C(=O)N2CCC[C@@H](CNC(=O)C3(c4ccc(Cl)cc4)CC3)C2)s1. The van der Waals surface area contributed by atoms with Crippen LogP contribution in [0, 0.1) is 12.8 Å². The van der Waals surface area contributed by atoms with Gasteiger partial charge in [0, 0.05) is 29.5 Å². The summed E-state index contributed by atoms with van der Waals surface area (Å²) in [6, 6.07) is 11.5. The highest BCUT2D eigenvalue weighted by atomic mass is 35.5. The number of hydrogen-bond donors (Lipinski definition) is 1. The Morgan fingerprint density at radius 2 is 1.96 bits per heavy atom. The summed E-state index contributed by atoms with van der Waals surface area (Å²) in [4.78, 5) is 29.5. The van der Waals surface area contributed by atoms with Gasteiger partial charge >= 0.3 is 0 Å². The molecule has 148 valence electrons. The molecule has 1 atom stereocenters. The summed E-state index contributed by atoms with van der Waals surface area (Å²) in [7, 11) is 0. The second kappa shape index (κ2) is 7.88. The number of piperidine rings is 1. The zero-order valence-corrected chi connectivity index (χ0v) is 17.6. The fraction of sp³-hybridized carbons (Fsp3) is 0.455. The third kappa shape index (κ3) is 3.96. The second-order valence-electron chi connectivity index (χ2n) is 7.97. The molecule has 2 fully saturated rings. The van der Waals surface area contributed by atoms with Crippen LogP contribution in [0.15, 0.2) is 36.4 Å². The van der Waals surface area contributed by atoms with Crippen LogP contribution in [0.5, 0.6) is 0 Å². The van der Waals surface area contributed by atoms with Gasteiger partial charge in [0.2, 0.25) is 5.91 Å². The van der Waals surface area contributed by atoms with Crippen LogP contribution < -0.4 is 5.32 Å². The molecule has 1 aliphatic carbocycles. The molecule has 0 unspecified atom stereocenters. The summed E-state index contributed by atoms with van der Waals surface area (Å²) in [5.41, 5.74) is 0.659. The van der Waals surface area contributed by atoms with E-state index in [1.54, 1.807) is 11.3 Å². The van der Waals surface area contributed by atoms with Crippen LogP contribution in [-0.4, -0.2) is 36.3 Å². The van der Waals surface area contributed by atoms with Crippen molar-refractivity contribution in [1.29, 1.82) is 0 Å². The number of nitrogens with one attached hydrogen (secondary N) is 1. The molecule has 4 rings (SSSR count). The number of hydrogen-bond acceptors (Lipinski definition) is 3. The van der Waals surface area contributed by atoms with Crippen LogP contribution in [0.1, 0.15) is 45.8 Å².